The first-order valence-corrected chi connectivity index (χ1v) is 7.52. The van der Waals surface area contributed by atoms with Crippen LogP contribution in [0.15, 0.2) is 55.0 Å². The van der Waals surface area contributed by atoms with Gasteiger partial charge in [0.05, 0.1) is 29.8 Å². The van der Waals surface area contributed by atoms with Crippen molar-refractivity contribution in [3.05, 3.63) is 60.7 Å². The summed E-state index contributed by atoms with van der Waals surface area (Å²) in [5.74, 6) is 0.348. The molecule has 3 aromatic heterocycles. The minimum atomic E-state index is -4.53. The number of aromatic nitrogens is 5. The van der Waals surface area contributed by atoms with Crippen LogP contribution in [0.3, 0.4) is 0 Å². The molecule has 0 aliphatic carbocycles. The molecule has 4 rings (SSSR count). The Morgan fingerprint density at radius 1 is 0.962 bits per heavy atom. The summed E-state index contributed by atoms with van der Waals surface area (Å²) in [5, 5.41) is 4.92. The standard InChI is InChI=1S/C17H11F3N6/c18-17(19,20)14-2-1-3-16(25-14)26-13-6-10(4-5-11(13)7-23-26)12-8-22-9-15(21)24-12/h1-9H,(H2,21,24). The Bertz CT molecular complexity index is 1100. The van der Waals surface area contributed by atoms with Gasteiger partial charge in [-0.05, 0) is 18.2 Å². The van der Waals surface area contributed by atoms with Crippen LogP contribution in [0, 0.1) is 0 Å². The van der Waals surface area contributed by atoms with Gasteiger partial charge in [0, 0.05) is 10.9 Å². The summed E-state index contributed by atoms with van der Waals surface area (Å²) in [6, 6.07) is 9.06. The maximum Gasteiger partial charge on any atom is 0.433 e. The van der Waals surface area contributed by atoms with E-state index in [0.717, 1.165) is 11.5 Å². The van der Waals surface area contributed by atoms with E-state index in [1.165, 1.54) is 23.0 Å². The fourth-order valence-corrected chi connectivity index (χ4v) is 2.58. The number of anilines is 1. The van der Waals surface area contributed by atoms with Crippen molar-refractivity contribution >= 4 is 16.7 Å². The molecule has 4 aromatic rings. The second-order valence-electron chi connectivity index (χ2n) is 5.54. The third kappa shape index (κ3) is 2.83. The van der Waals surface area contributed by atoms with E-state index in [1.807, 2.05) is 6.07 Å². The van der Waals surface area contributed by atoms with Gasteiger partial charge in [-0.2, -0.15) is 18.3 Å². The average molecular weight is 356 g/mol. The van der Waals surface area contributed by atoms with Gasteiger partial charge in [-0.1, -0.05) is 18.2 Å². The number of fused-ring (bicyclic) bond motifs is 1. The van der Waals surface area contributed by atoms with Crippen molar-refractivity contribution in [2.45, 2.75) is 6.18 Å². The van der Waals surface area contributed by atoms with Gasteiger partial charge in [-0.15, -0.1) is 0 Å². The summed E-state index contributed by atoms with van der Waals surface area (Å²) in [6.07, 6.45) is 0.0208. The molecule has 0 unspecified atom stereocenters. The summed E-state index contributed by atoms with van der Waals surface area (Å²) in [4.78, 5) is 11.9. The molecular formula is C17H11F3N6. The van der Waals surface area contributed by atoms with Gasteiger partial charge < -0.3 is 5.73 Å². The number of halogens is 3. The molecule has 0 atom stereocenters. The van der Waals surface area contributed by atoms with E-state index in [-0.39, 0.29) is 11.6 Å². The van der Waals surface area contributed by atoms with E-state index >= 15 is 0 Å². The molecule has 0 fully saturated rings. The second kappa shape index (κ2) is 5.80. The maximum atomic E-state index is 12.9. The molecule has 0 amide bonds. The van der Waals surface area contributed by atoms with Crippen LogP contribution < -0.4 is 5.73 Å². The quantitative estimate of drug-likeness (QED) is 0.595. The molecule has 0 saturated carbocycles. The Hall–Kier alpha value is -3.49. The number of rotatable bonds is 2. The van der Waals surface area contributed by atoms with Crippen molar-refractivity contribution in [2.75, 3.05) is 5.73 Å². The first-order valence-electron chi connectivity index (χ1n) is 7.52. The molecule has 0 saturated heterocycles. The molecule has 0 aliphatic rings. The minimum absolute atomic E-state index is 0.0747. The molecule has 26 heavy (non-hydrogen) atoms. The lowest BCUT2D eigenvalue weighted by atomic mass is 10.1. The molecule has 3 heterocycles. The van der Waals surface area contributed by atoms with Crippen LogP contribution in [-0.2, 0) is 6.18 Å². The van der Waals surface area contributed by atoms with Crippen molar-refractivity contribution in [1.82, 2.24) is 24.7 Å². The van der Waals surface area contributed by atoms with Crippen LogP contribution in [0.4, 0.5) is 19.0 Å². The topological polar surface area (TPSA) is 82.5 Å². The van der Waals surface area contributed by atoms with E-state index in [9.17, 15) is 13.2 Å². The fraction of sp³-hybridized carbons (Fsp3) is 0.0588. The normalized spacial score (nSPS) is 11.8. The lowest BCUT2D eigenvalue weighted by Crippen LogP contribution is -2.10. The SMILES string of the molecule is Nc1cncc(-c2ccc3cnn(-c4cccc(C(F)(F)F)n4)c3c2)n1. The van der Waals surface area contributed by atoms with Crippen LogP contribution in [0.5, 0.6) is 0 Å². The molecule has 130 valence electrons. The van der Waals surface area contributed by atoms with Crippen molar-refractivity contribution < 1.29 is 13.2 Å². The van der Waals surface area contributed by atoms with E-state index in [2.05, 4.69) is 20.1 Å². The molecule has 9 heteroatoms. The number of nitrogens with two attached hydrogens (primary N) is 1. The lowest BCUT2D eigenvalue weighted by Gasteiger charge is -2.09. The second-order valence-corrected chi connectivity index (χ2v) is 5.54. The smallest absolute Gasteiger partial charge is 0.382 e. The van der Waals surface area contributed by atoms with Gasteiger partial charge in [0.25, 0.3) is 0 Å². The summed E-state index contributed by atoms with van der Waals surface area (Å²) in [5.41, 5.74) is 6.55. The van der Waals surface area contributed by atoms with Crippen molar-refractivity contribution in [3.63, 3.8) is 0 Å². The number of pyridine rings is 1. The first-order chi connectivity index (χ1) is 12.4. The third-order valence-corrected chi connectivity index (χ3v) is 3.76. The highest BCUT2D eigenvalue weighted by atomic mass is 19.4. The van der Waals surface area contributed by atoms with Gasteiger partial charge in [-0.25, -0.2) is 14.6 Å². The van der Waals surface area contributed by atoms with E-state index < -0.39 is 11.9 Å². The molecule has 0 aliphatic heterocycles. The molecule has 0 bridgehead atoms. The van der Waals surface area contributed by atoms with Gasteiger partial charge in [0.1, 0.15) is 11.5 Å². The number of alkyl halides is 3. The zero-order chi connectivity index (χ0) is 18.3. The summed E-state index contributed by atoms with van der Waals surface area (Å²) >= 11 is 0. The average Bonchev–Trinajstić information content (AvgIpc) is 3.04. The van der Waals surface area contributed by atoms with Crippen molar-refractivity contribution in [2.24, 2.45) is 0 Å². The third-order valence-electron chi connectivity index (χ3n) is 3.76. The van der Waals surface area contributed by atoms with Crippen LogP contribution in [-0.4, -0.2) is 24.7 Å². The summed E-state index contributed by atoms with van der Waals surface area (Å²) in [6.45, 7) is 0. The Labute approximate surface area is 145 Å². The van der Waals surface area contributed by atoms with E-state index in [1.54, 1.807) is 24.5 Å². The van der Waals surface area contributed by atoms with Crippen molar-refractivity contribution in [3.8, 4) is 17.1 Å². The molecule has 0 radical (unpaired) electrons. The summed E-state index contributed by atoms with van der Waals surface area (Å²) in [7, 11) is 0. The zero-order valence-electron chi connectivity index (χ0n) is 13.1. The van der Waals surface area contributed by atoms with Crippen LogP contribution >= 0.6 is 0 Å². The summed E-state index contributed by atoms with van der Waals surface area (Å²) < 4.78 is 40.1. The van der Waals surface area contributed by atoms with Gasteiger partial charge in [0.2, 0.25) is 0 Å². The first kappa shape index (κ1) is 16.0. The Morgan fingerprint density at radius 3 is 2.58 bits per heavy atom. The van der Waals surface area contributed by atoms with Crippen molar-refractivity contribution in [1.29, 1.82) is 0 Å². The number of nitrogen functional groups attached to an aromatic ring is 1. The van der Waals surface area contributed by atoms with Crippen LogP contribution in [0.25, 0.3) is 28.0 Å². The van der Waals surface area contributed by atoms with E-state index in [0.29, 0.717) is 16.8 Å². The van der Waals surface area contributed by atoms with Crippen LogP contribution in [0.1, 0.15) is 5.69 Å². The number of hydrogen-bond donors (Lipinski definition) is 1. The van der Waals surface area contributed by atoms with Gasteiger partial charge in [-0.3, -0.25) is 4.98 Å². The molecule has 6 nitrogen and oxygen atoms in total. The number of nitrogens with zero attached hydrogens (tertiary/aromatic N) is 5. The van der Waals surface area contributed by atoms with Crippen LogP contribution in [0.2, 0.25) is 0 Å². The predicted molar refractivity (Wildman–Crippen MR) is 89.3 cm³/mol. The molecule has 0 spiro atoms. The number of hydrogen-bond acceptors (Lipinski definition) is 5. The predicted octanol–water partition coefficient (Wildman–Crippen LogP) is 3.48. The maximum absolute atomic E-state index is 12.9. The lowest BCUT2D eigenvalue weighted by molar-refractivity contribution is -0.141. The monoisotopic (exact) mass is 356 g/mol. The highest BCUT2D eigenvalue weighted by Gasteiger charge is 2.32. The molecule has 2 N–H and O–H groups in total. The largest absolute Gasteiger partial charge is 0.433 e. The fourth-order valence-electron chi connectivity index (χ4n) is 2.58. The van der Waals surface area contributed by atoms with E-state index in [4.69, 9.17) is 5.73 Å². The minimum Gasteiger partial charge on any atom is -0.382 e. The molecular weight excluding hydrogens is 345 g/mol. The highest BCUT2D eigenvalue weighted by Crippen LogP contribution is 2.29. The van der Waals surface area contributed by atoms with Gasteiger partial charge >= 0.3 is 6.18 Å². The Balaban J connectivity index is 1.86. The Morgan fingerprint density at radius 2 is 1.81 bits per heavy atom. The number of benzene rings is 1. The Kier molecular flexibility index (Phi) is 3.57. The zero-order valence-corrected chi connectivity index (χ0v) is 13.1. The molecule has 1 aromatic carbocycles. The van der Waals surface area contributed by atoms with Gasteiger partial charge in [0.15, 0.2) is 5.82 Å². The highest BCUT2D eigenvalue weighted by molar-refractivity contribution is 5.84.